The number of nitrogens with zero attached hydrogens (tertiary/aromatic N) is 3. The minimum atomic E-state index is -0.305. The Hall–Kier alpha value is -3.89. The smallest absolute Gasteiger partial charge is 0.257 e. The highest BCUT2D eigenvalue weighted by Crippen LogP contribution is 2.41. The molecule has 0 saturated carbocycles. The van der Waals surface area contributed by atoms with Gasteiger partial charge in [0.05, 0.1) is 24.8 Å². The first kappa shape index (κ1) is 26.2. The van der Waals surface area contributed by atoms with Gasteiger partial charge in [0.1, 0.15) is 18.2 Å². The topological polar surface area (TPSA) is 139 Å². The molecule has 0 aliphatic rings. The molecule has 0 atom stereocenters. The molecule has 0 fully saturated rings. The number of amides is 1. The van der Waals surface area contributed by atoms with Crippen LogP contribution in [0.3, 0.4) is 0 Å². The number of nitrogens with two attached hydrogens (primary N) is 2. The maximum atomic E-state index is 12.7. The van der Waals surface area contributed by atoms with Gasteiger partial charge in [-0.3, -0.25) is 4.79 Å². The molecule has 4 aromatic rings. The first-order chi connectivity index (χ1) is 17.6. The van der Waals surface area contributed by atoms with E-state index in [1.54, 1.807) is 20.3 Å². The fourth-order valence-electron chi connectivity index (χ4n) is 3.85. The van der Waals surface area contributed by atoms with Crippen LogP contribution in [0.15, 0.2) is 34.9 Å². The van der Waals surface area contributed by atoms with E-state index in [-0.39, 0.29) is 40.6 Å². The molecule has 37 heavy (non-hydrogen) atoms. The summed E-state index contributed by atoms with van der Waals surface area (Å²) in [5.74, 6) is 1.61. The van der Waals surface area contributed by atoms with Gasteiger partial charge in [0.2, 0.25) is 11.7 Å². The van der Waals surface area contributed by atoms with Crippen LogP contribution in [0, 0.1) is 0 Å². The lowest BCUT2D eigenvalue weighted by molar-refractivity contribution is 0.0822. The number of hydrogen-bond donors (Lipinski definition) is 2. The van der Waals surface area contributed by atoms with Crippen molar-refractivity contribution in [3.8, 4) is 17.2 Å². The van der Waals surface area contributed by atoms with Gasteiger partial charge in [0.25, 0.3) is 5.91 Å². The van der Waals surface area contributed by atoms with Crippen LogP contribution in [0.25, 0.3) is 11.0 Å². The van der Waals surface area contributed by atoms with Crippen molar-refractivity contribution in [3.63, 3.8) is 0 Å². The van der Waals surface area contributed by atoms with Gasteiger partial charge >= 0.3 is 0 Å². The molecule has 1 amide bonds. The summed E-state index contributed by atoms with van der Waals surface area (Å²) in [7, 11) is 6.31. The largest absolute Gasteiger partial charge is 0.493 e. The summed E-state index contributed by atoms with van der Waals surface area (Å²) in [5, 5.41) is 1.27. The van der Waals surface area contributed by atoms with E-state index in [9.17, 15) is 4.79 Å². The SMILES string of the molecule is COc1cc(Cc2cnc(N)nc2N)c2cc(COc3c(Cl)cc(Cl)cc3C(=O)N(C)C)oc2c1OC. The number of nitrogen functional groups attached to an aromatic ring is 2. The summed E-state index contributed by atoms with van der Waals surface area (Å²) in [6.45, 7) is -0.0260. The summed E-state index contributed by atoms with van der Waals surface area (Å²) in [6, 6.07) is 6.67. The van der Waals surface area contributed by atoms with Crippen molar-refractivity contribution < 1.29 is 23.4 Å². The molecule has 2 heterocycles. The second-order valence-corrected chi connectivity index (χ2v) is 9.14. The van der Waals surface area contributed by atoms with E-state index >= 15 is 0 Å². The molecule has 0 aliphatic carbocycles. The Morgan fingerprint density at radius 1 is 1.05 bits per heavy atom. The van der Waals surface area contributed by atoms with E-state index in [0.29, 0.717) is 39.8 Å². The molecule has 0 saturated heterocycles. The van der Waals surface area contributed by atoms with Crippen LogP contribution in [0.1, 0.15) is 27.2 Å². The second kappa shape index (κ2) is 10.6. The van der Waals surface area contributed by atoms with Gasteiger partial charge in [-0.25, -0.2) is 4.98 Å². The van der Waals surface area contributed by atoms with Crippen LogP contribution in [-0.2, 0) is 13.0 Å². The lowest BCUT2D eigenvalue weighted by Gasteiger charge is -2.16. The summed E-state index contributed by atoms with van der Waals surface area (Å²) in [4.78, 5) is 22.2. The van der Waals surface area contributed by atoms with Crippen LogP contribution in [0.2, 0.25) is 10.0 Å². The average Bonchev–Trinajstić information content (AvgIpc) is 3.28. The zero-order valence-corrected chi connectivity index (χ0v) is 22.1. The highest BCUT2D eigenvalue weighted by molar-refractivity contribution is 6.36. The predicted molar refractivity (Wildman–Crippen MR) is 142 cm³/mol. The zero-order valence-electron chi connectivity index (χ0n) is 20.6. The normalized spacial score (nSPS) is 11.0. The number of ether oxygens (including phenoxy) is 3. The zero-order chi connectivity index (χ0) is 26.9. The summed E-state index contributed by atoms with van der Waals surface area (Å²) < 4.78 is 23.2. The molecule has 194 valence electrons. The van der Waals surface area contributed by atoms with Crippen molar-refractivity contribution in [2.45, 2.75) is 13.0 Å². The molecule has 12 heteroatoms. The molecule has 0 radical (unpaired) electrons. The van der Waals surface area contributed by atoms with Gasteiger partial charge in [-0.2, -0.15) is 4.98 Å². The van der Waals surface area contributed by atoms with E-state index in [4.69, 9.17) is 53.3 Å². The number of furan rings is 1. The van der Waals surface area contributed by atoms with Gasteiger partial charge in [-0.05, 0) is 29.8 Å². The Bertz CT molecular complexity index is 1490. The maximum absolute atomic E-state index is 12.7. The molecule has 0 bridgehead atoms. The van der Waals surface area contributed by atoms with Gasteiger partial charge < -0.3 is 35.0 Å². The fraction of sp³-hybridized carbons (Fsp3) is 0.240. The van der Waals surface area contributed by atoms with Crippen LogP contribution in [-0.4, -0.2) is 49.1 Å². The molecular weight excluding hydrogens is 521 g/mol. The van der Waals surface area contributed by atoms with E-state index in [1.165, 1.54) is 31.3 Å². The number of fused-ring (bicyclic) bond motifs is 1. The van der Waals surface area contributed by atoms with Gasteiger partial charge in [0.15, 0.2) is 17.1 Å². The van der Waals surface area contributed by atoms with Crippen LogP contribution >= 0.6 is 23.2 Å². The number of rotatable bonds is 8. The lowest BCUT2D eigenvalue weighted by Crippen LogP contribution is -2.22. The minimum Gasteiger partial charge on any atom is -0.493 e. The minimum absolute atomic E-state index is 0.0260. The fourth-order valence-corrected chi connectivity index (χ4v) is 4.40. The second-order valence-electron chi connectivity index (χ2n) is 8.29. The number of anilines is 2. The van der Waals surface area contributed by atoms with Crippen molar-refractivity contribution in [1.82, 2.24) is 14.9 Å². The quantitative estimate of drug-likeness (QED) is 0.325. The number of halogens is 2. The van der Waals surface area contributed by atoms with Crippen LogP contribution in [0.5, 0.6) is 17.2 Å². The molecular formula is C25H25Cl2N5O5. The molecule has 0 unspecified atom stereocenters. The van der Waals surface area contributed by atoms with Gasteiger partial charge in [-0.1, -0.05) is 23.2 Å². The highest BCUT2D eigenvalue weighted by Gasteiger charge is 2.22. The number of aromatic nitrogens is 2. The van der Waals surface area contributed by atoms with Crippen molar-refractivity contribution in [1.29, 1.82) is 0 Å². The van der Waals surface area contributed by atoms with Crippen molar-refractivity contribution in [2.75, 3.05) is 39.8 Å². The predicted octanol–water partition coefficient (Wildman–Crippen LogP) is 4.58. The number of carbonyl (C=O) groups excluding carboxylic acids is 1. The molecule has 4 rings (SSSR count). The first-order valence-corrected chi connectivity index (χ1v) is 11.7. The van der Waals surface area contributed by atoms with E-state index in [1.807, 2.05) is 12.1 Å². The summed E-state index contributed by atoms with van der Waals surface area (Å²) in [6.07, 6.45) is 1.96. The number of hydrogen-bond acceptors (Lipinski definition) is 9. The molecule has 0 spiro atoms. The number of methoxy groups -OCH3 is 2. The number of carbonyl (C=O) groups is 1. The third kappa shape index (κ3) is 5.30. The Balaban J connectivity index is 1.74. The van der Waals surface area contributed by atoms with Gasteiger partial charge in [-0.15, -0.1) is 0 Å². The first-order valence-electron chi connectivity index (χ1n) is 11.0. The third-order valence-corrected chi connectivity index (χ3v) is 6.09. The van der Waals surface area contributed by atoms with Crippen molar-refractivity contribution in [2.24, 2.45) is 0 Å². The standard InChI is InChI=1S/C25H25Cl2N5O5/c1-32(2)24(33)17-7-14(26)8-18(27)20(17)36-11-15-9-16-12(5-13-10-30-25(29)31-23(13)28)6-19(34-3)22(35-4)21(16)37-15/h6-10H,5,11H2,1-4H3,(H4,28,29,30,31). The van der Waals surface area contributed by atoms with Crippen LogP contribution in [0.4, 0.5) is 11.8 Å². The van der Waals surface area contributed by atoms with Crippen molar-refractivity contribution >= 4 is 51.8 Å². The molecule has 2 aromatic heterocycles. The monoisotopic (exact) mass is 545 g/mol. The highest BCUT2D eigenvalue weighted by atomic mass is 35.5. The maximum Gasteiger partial charge on any atom is 0.257 e. The Labute approximate surface area is 223 Å². The van der Waals surface area contributed by atoms with E-state index in [2.05, 4.69) is 9.97 Å². The van der Waals surface area contributed by atoms with E-state index < -0.39 is 0 Å². The van der Waals surface area contributed by atoms with E-state index in [0.717, 1.165) is 10.9 Å². The summed E-state index contributed by atoms with van der Waals surface area (Å²) in [5.41, 5.74) is 13.9. The van der Waals surface area contributed by atoms with Crippen LogP contribution < -0.4 is 25.7 Å². The summed E-state index contributed by atoms with van der Waals surface area (Å²) >= 11 is 12.5. The Kier molecular flexibility index (Phi) is 7.51. The van der Waals surface area contributed by atoms with Gasteiger partial charge in [0, 0.05) is 42.7 Å². The lowest BCUT2D eigenvalue weighted by atomic mass is 10.0. The Morgan fingerprint density at radius 2 is 1.81 bits per heavy atom. The van der Waals surface area contributed by atoms with Crippen molar-refractivity contribution in [3.05, 3.63) is 63.0 Å². The third-order valence-electron chi connectivity index (χ3n) is 5.59. The molecule has 2 aromatic carbocycles. The Morgan fingerprint density at radius 3 is 2.46 bits per heavy atom. The molecule has 4 N–H and O–H groups in total. The molecule has 0 aliphatic heterocycles. The number of benzene rings is 2. The molecule has 10 nitrogen and oxygen atoms in total. The average molecular weight is 546 g/mol.